The van der Waals surface area contributed by atoms with Gasteiger partial charge in [0, 0.05) is 10.7 Å². The van der Waals surface area contributed by atoms with Crippen LogP contribution in [0.25, 0.3) is 11.3 Å². The van der Waals surface area contributed by atoms with E-state index in [9.17, 15) is 4.39 Å². The number of hydrogen-bond donors (Lipinski definition) is 1. The van der Waals surface area contributed by atoms with Crippen LogP contribution in [0.1, 0.15) is 29.3 Å². The first kappa shape index (κ1) is 20.0. The van der Waals surface area contributed by atoms with Crippen LogP contribution in [-0.2, 0) is 6.54 Å². The molecule has 0 amide bonds. The standard InChI is InChI=1S/C23H17BrFN3O2S/c24-14-6-7-16(17(25)12-14)19-8-9-20(30-19)22-21(18-5-1-2-10-26-18)27-23(31)28(22)13-15-4-3-11-29-15/h1-12,21-22H,13H2,(H,27,31)/t21-,22-/m1/s1. The Morgan fingerprint density at radius 2 is 2.03 bits per heavy atom. The van der Waals surface area contributed by atoms with Crippen molar-refractivity contribution in [2.45, 2.75) is 18.6 Å². The van der Waals surface area contributed by atoms with Gasteiger partial charge in [-0.05, 0) is 66.8 Å². The highest BCUT2D eigenvalue weighted by molar-refractivity contribution is 9.10. The molecule has 0 bridgehead atoms. The summed E-state index contributed by atoms with van der Waals surface area (Å²) in [6.07, 6.45) is 3.38. The largest absolute Gasteiger partial charge is 0.467 e. The maximum absolute atomic E-state index is 14.5. The van der Waals surface area contributed by atoms with E-state index < -0.39 is 0 Å². The van der Waals surface area contributed by atoms with Gasteiger partial charge in [0.1, 0.15) is 29.1 Å². The van der Waals surface area contributed by atoms with Crippen LogP contribution in [0.4, 0.5) is 4.39 Å². The molecule has 4 aromatic rings. The lowest BCUT2D eigenvalue weighted by Crippen LogP contribution is -2.28. The molecule has 1 fully saturated rings. The van der Waals surface area contributed by atoms with Gasteiger partial charge < -0.3 is 19.1 Å². The van der Waals surface area contributed by atoms with E-state index >= 15 is 0 Å². The molecule has 0 unspecified atom stereocenters. The molecule has 8 heteroatoms. The molecule has 5 nitrogen and oxygen atoms in total. The number of pyridine rings is 1. The third kappa shape index (κ3) is 3.88. The molecule has 0 radical (unpaired) electrons. The number of benzene rings is 1. The first-order valence-corrected chi connectivity index (χ1v) is 10.9. The van der Waals surface area contributed by atoms with Crippen LogP contribution in [-0.4, -0.2) is 15.0 Å². The van der Waals surface area contributed by atoms with Crippen molar-refractivity contribution >= 4 is 33.3 Å². The van der Waals surface area contributed by atoms with Gasteiger partial charge in [-0.15, -0.1) is 0 Å². The molecule has 3 aromatic heterocycles. The second kappa shape index (κ2) is 8.28. The van der Waals surface area contributed by atoms with Crippen molar-refractivity contribution in [1.29, 1.82) is 0 Å². The average Bonchev–Trinajstić information content (AvgIpc) is 3.51. The molecule has 2 atom stereocenters. The molecular formula is C23H17BrFN3O2S. The third-order valence-corrected chi connectivity index (χ3v) is 6.06. The van der Waals surface area contributed by atoms with Crippen LogP contribution in [0.3, 0.4) is 0 Å². The zero-order chi connectivity index (χ0) is 21.4. The maximum Gasteiger partial charge on any atom is 0.170 e. The fourth-order valence-corrected chi connectivity index (χ4v) is 4.44. The number of rotatable bonds is 5. The molecule has 5 rings (SSSR count). The molecule has 1 saturated heterocycles. The Labute approximate surface area is 192 Å². The van der Waals surface area contributed by atoms with Crippen molar-refractivity contribution < 1.29 is 13.2 Å². The van der Waals surface area contributed by atoms with Crippen molar-refractivity contribution in [3.05, 3.63) is 101 Å². The highest BCUT2D eigenvalue weighted by atomic mass is 79.9. The minimum absolute atomic E-state index is 0.225. The quantitative estimate of drug-likeness (QED) is 0.340. The number of furan rings is 2. The van der Waals surface area contributed by atoms with E-state index in [0.29, 0.717) is 33.2 Å². The van der Waals surface area contributed by atoms with E-state index in [1.165, 1.54) is 6.07 Å². The molecule has 1 aromatic carbocycles. The van der Waals surface area contributed by atoms with Gasteiger partial charge >= 0.3 is 0 Å². The van der Waals surface area contributed by atoms with Gasteiger partial charge in [-0.3, -0.25) is 4.98 Å². The first-order chi connectivity index (χ1) is 15.1. The summed E-state index contributed by atoms with van der Waals surface area (Å²) in [5, 5.41) is 3.94. The molecule has 156 valence electrons. The van der Waals surface area contributed by atoms with Crippen LogP contribution in [0.2, 0.25) is 0 Å². The Kier molecular flexibility index (Phi) is 5.33. The smallest absolute Gasteiger partial charge is 0.170 e. The summed E-state index contributed by atoms with van der Waals surface area (Å²) in [5.41, 5.74) is 1.24. The van der Waals surface area contributed by atoms with Gasteiger partial charge in [0.2, 0.25) is 0 Å². The van der Waals surface area contributed by atoms with Crippen molar-refractivity contribution in [2.24, 2.45) is 0 Å². The van der Waals surface area contributed by atoms with E-state index in [4.69, 9.17) is 21.1 Å². The fraction of sp³-hybridized carbons (Fsp3) is 0.130. The highest BCUT2D eigenvalue weighted by Crippen LogP contribution is 2.41. The minimum atomic E-state index is -0.357. The Bertz CT molecular complexity index is 1210. The highest BCUT2D eigenvalue weighted by Gasteiger charge is 2.42. The predicted molar refractivity (Wildman–Crippen MR) is 122 cm³/mol. The van der Waals surface area contributed by atoms with Crippen molar-refractivity contribution in [1.82, 2.24) is 15.2 Å². The van der Waals surface area contributed by atoms with E-state index in [1.54, 1.807) is 30.7 Å². The predicted octanol–water partition coefficient (Wildman–Crippen LogP) is 6.01. The van der Waals surface area contributed by atoms with Gasteiger partial charge in [-0.25, -0.2) is 4.39 Å². The van der Waals surface area contributed by atoms with Gasteiger partial charge in [0.05, 0.1) is 30.1 Å². The Morgan fingerprint density at radius 1 is 1.13 bits per heavy atom. The molecule has 1 N–H and O–H groups in total. The number of hydrogen-bond acceptors (Lipinski definition) is 4. The van der Waals surface area contributed by atoms with Crippen LogP contribution in [0.5, 0.6) is 0 Å². The van der Waals surface area contributed by atoms with Gasteiger partial charge in [0.25, 0.3) is 0 Å². The number of nitrogens with zero attached hydrogens (tertiary/aromatic N) is 2. The SMILES string of the molecule is Fc1cc(Br)ccc1-c1ccc([C@@H]2[C@@H](c3ccccn3)NC(=S)N2Cc2ccco2)o1. The fourth-order valence-electron chi connectivity index (χ4n) is 3.80. The number of halogens is 2. The van der Waals surface area contributed by atoms with Crippen molar-refractivity contribution in [2.75, 3.05) is 0 Å². The number of aromatic nitrogens is 1. The lowest BCUT2D eigenvalue weighted by Gasteiger charge is -2.25. The zero-order valence-corrected chi connectivity index (χ0v) is 18.6. The summed E-state index contributed by atoms with van der Waals surface area (Å²) >= 11 is 8.93. The number of thiocarbonyl (C=S) groups is 1. The average molecular weight is 498 g/mol. The Morgan fingerprint density at radius 3 is 2.77 bits per heavy atom. The normalized spacial score (nSPS) is 18.4. The summed E-state index contributed by atoms with van der Waals surface area (Å²) in [6, 6.07) is 17.5. The number of nitrogens with one attached hydrogen (secondary N) is 1. The molecule has 0 saturated carbocycles. The van der Waals surface area contributed by atoms with Crippen LogP contribution < -0.4 is 5.32 Å². The second-order valence-corrected chi connectivity index (χ2v) is 8.46. The minimum Gasteiger partial charge on any atom is -0.467 e. The van der Waals surface area contributed by atoms with E-state index in [1.807, 2.05) is 41.3 Å². The lowest BCUT2D eigenvalue weighted by atomic mass is 10.0. The van der Waals surface area contributed by atoms with E-state index in [-0.39, 0.29) is 17.9 Å². The summed E-state index contributed by atoms with van der Waals surface area (Å²) in [5.74, 6) is 1.54. The topological polar surface area (TPSA) is 54.4 Å². The Balaban J connectivity index is 1.55. The van der Waals surface area contributed by atoms with Gasteiger partial charge in [-0.2, -0.15) is 0 Å². The molecule has 4 heterocycles. The molecule has 0 aliphatic carbocycles. The van der Waals surface area contributed by atoms with Crippen LogP contribution in [0.15, 0.2) is 86.4 Å². The molecule has 1 aliphatic heterocycles. The zero-order valence-electron chi connectivity index (χ0n) is 16.2. The van der Waals surface area contributed by atoms with E-state index in [2.05, 4.69) is 26.2 Å². The van der Waals surface area contributed by atoms with Crippen molar-refractivity contribution in [3.8, 4) is 11.3 Å². The molecular weight excluding hydrogens is 481 g/mol. The second-order valence-electron chi connectivity index (χ2n) is 7.16. The Hall–Kier alpha value is -2.97. The third-order valence-electron chi connectivity index (χ3n) is 5.22. The molecule has 31 heavy (non-hydrogen) atoms. The van der Waals surface area contributed by atoms with Crippen molar-refractivity contribution in [3.63, 3.8) is 0 Å². The van der Waals surface area contributed by atoms with E-state index in [0.717, 1.165) is 11.5 Å². The van der Waals surface area contributed by atoms with Crippen LogP contribution in [0, 0.1) is 5.82 Å². The molecule has 1 aliphatic rings. The van der Waals surface area contributed by atoms with Gasteiger partial charge in [0.15, 0.2) is 5.11 Å². The lowest BCUT2D eigenvalue weighted by molar-refractivity contribution is 0.253. The monoisotopic (exact) mass is 497 g/mol. The van der Waals surface area contributed by atoms with Gasteiger partial charge in [-0.1, -0.05) is 22.0 Å². The summed E-state index contributed by atoms with van der Waals surface area (Å²) in [6.45, 7) is 0.468. The summed E-state index contributed by atoms with van der Waals surface area (Å²) in [7, 11) is 0. The first-order valence-electron chi connectivity index (χ1n) is 9.66. The molecule has 0 spiro atoms. The summed E-state index contributed by atoms with van der Waals surface area (Å²) in [4.78, 5) is 6.52. The van der Waals surface area contributed by atoms with Crippen LogP contribution >= 0.6 is 28.1 Å². The maximum atomic E-state index is 14.5. The summed E-state index contributed by atoms with van der Waals surface area (Å²) < 4.78 is 26.9.